The molecule has 1 heterocycles. The Balaban J connectivity index is 2.55. The van der Waals surface area contributed by atoms with E-state index in [-0.39, 0.29) is 17.9 Å². The maximum atomic E-state index is 11.8. The SMILES string of the molecule is CCC(C)C(C)NC1CCC(=O)N(C)C1=O. The van der Waals surface area contributed by atoms with Crippen LogP contribution in [0, 0.1) is 5.92 Å². The molecule has 3 unspecified atom stereocenters. The molecular weight excluding hydrogens is 204 g/mol. The summed E-state index contributed by atoms with van der Waals surface area (Å²) in [6, 6.07) is 0.118. The van der Waals surface area contributed by atoms with Gasteiger partial charge in [0.05, 0.1) is 6.04 Å². The van der Waals surface area contributed by atoms with Gasteiger partial charge in [-0.2, -0.15) is 0 Å². The van der Waals surface area contributed by atoms with Crippen molar-refractivity contribution in [3.05, 3.63) is 0 Å². The quantitative estimate of drug-likeness (QED) is 0.732. The summed E-state index contributed by atoms with van der Waals surface area (Å²) in [7, 11) is 1.56. The Morgan fingerprint density at radius 2 is 2.06 bits per heavy atom. The predicted molar refractivity (Wildman–Crippen MR) is 62.9 cm³/mol. The minimum Gasteiger partial charge on any atom is -0.303 e. The fourth-order valence-electron chi connectivity index (χ4n) is 1.91. The van der Waals surface area contributed by atoms with Gasteiger partial charge in [-0.05, 0) is 19.3 Å². The number of carbonyl (C=O) groups excluding carboxylic acids is 2. The molecule has 1 aliphatic rings. The van der Waals surface area contributed by atoms with E-state index in [1.165, 1.54) is 4.90 Å². The molecule has 0 radical (unpaired) electrons. The fourth-order valence-corrected chi connectivity index (χ4v) is 1.91. The number of hydrogen-bond donors (Lipinski definition) is 1. The van der Waals surface area contributed by atoms with Gasteiger partial charge >= 0.3 is 0 Å². The van der Waals surface area contributed by atoms with Gasteiger partial charge in [-0.25, -0.2) is 0 Å². The Bertz CT molecular complexity index is 278. The Hall–Kier alpha value is -0.900. The van der Waals surface area contributed by atoms with E-state index < -0.39 is 0 Å². The lowest BCUT2D eigenvalue weighted by molar-refractivity contribution is -0.148. The molecular formula is C12H22N2O2. The smallest absolute Gasteiger partial charge is 0.246 e. The van der Waals surface area contributed by atoms with Crippen molar-refractivity contribution in [2.24, 2.45) is 5.92 Å². The molecule has 0 aromatic carbocycles. The van der Waals surface area contributed by atoms with Crippen LogP contribution >= 0.6 is 0 Å². The van der Waals surface area contributed by atoms with Crippen LogP contribution in [0.15, 0.2) is 0 Å². The average Bonchev–Trinajstić information content (AvgIpc) is 2.28. The minimum absolute atomic E-state index is 0.0701. The third kappa shape index (κ3) is 2.82. The lowest BCUT2D eigenvalue weighted by atomic mass is 9.97. The van der Waals surface area contributed by atoms with Crippen LogP contribution in [0.5, 0.6) is 0 Å². The molecule has 1 fully saturated rings. The van der Waals surface area contributed by atoms with Crippen molar-refractivity contribution in [2.45, 2.75) is 52.1 Å². The first-order valence-corrected chi connectivity index (χ1v) is 6.03. The number of likely N-dealkylation sites (N-methyl/N-ethyl adjacent to an activating group) is 1. The number of carbonyl (C=O) groups is 2. The number of likely N-dealkylation sites (tertiary alicyclic amines) is 1. The molecule has 16 heavy (non-hydrogen) atoms. The van der Waals surface area contributed by atoms with Gasteiger partial charge in [0, 0.05) is 19.5 Å². The normalized spacial score (nSPS) is 25.8. The number of nitrogens with one attached hydrogen (secondary N) is 1. The number of amides is 2. The van der Waals surface area contributed by atoms with Crippen LogP contribution in [0.2, 0.25) is 0 Å². The lowest BCUT2D eigenvalue weighted by Gasteiger charge is -2.32. The molecule has 3 atom stereocenters. The van der Waals surface area contributed by atoms with Crippen LogP contribution in [-0.4, -0.2) is 35.8 Å². The summed E-state index contributed by atoms with van der Waals surface area (Å²) < 4.78 is 0. The third-order valence-electron chi connectivity index (χ3n) is 3.61. The van der Waals surface area contributed by atoms with Crippen LogP contribution in [0.25, 0.3) is 0 Å². The zero-order valence-corrected chi connectivity index (χ0v) is 10.6. The molecule has 92 valence electrons. The van der Waals surface area contributed by atoms with Crippen molar-refractivity contribution < 1.29 is 9.59 Å². The van der Waals surface area contributed by atoms with E-state index in [0.717, 1.165) is 6.42 Å². The fraction of sp³-hybridized carbons (Fsp3) is 0.833. The first-order chi connectivity index (χ1) is 7.47. The van der Waals surface area contributed by atoms with Crippen molar-refractivity contribution in [3.63, 3.8) is 0 Å². The van der Waals surface area contributed by atoms with E-state index in [1.54, 1.807) is 7.05 Å². The first kappa shape index (κ1) is 13.2. The molecule has 0 aliphatic carbocycles. The molecule has 4 nitrogen and oxygen atoms in total. The van der Waals surface area contributed by atoms with E-state index >= 15 is 0 Å². The van der Waals surface area contributed by atoms with Crippen LogP contribution in [-0.2, 0) is 9.59 Å². The summed E-state index contributed by atoms with van der Waals surface area (Å²) in [5, 5.41) is 3.33. The number of imide groups is 1. The highest BCUT2D eigenvalue weighted by Crippen LogP contribution is 2.14. The van der Waals surface area contributed by atoms with E-state index in [4.69, 9.17) is 0 Å². The summed E-state index contributed by atoms with van der Waals surface area (Å²) in [5.74, 6) is 0.376. The maximum Gasteiger partial charge on any atom is 0.246 e. The van der Waals surface area contributed by atoms with Gasteiger partial charge < -0.3 is 5.32 Å². The predicted octanol–water partition coefficient (Wildman–Crippen LogP) is 1.16. The van der Waals surface area contributed by atoms with Gasteiger partial charge in [0.2, 0.25) is 11.8 Å². The maximum absolute atomic E-state index is 11.8. The van der Waals surface area contributed by atoms with E-state index in [1.807, 2.05) is 0 Å². The Morgan fingerprint density at radius 3 is 2.62 bits per heavy atom. The van der Waals surface area contributed by atoms with Crippen LogP contribution < -0.4 is 5.32 Å². The second kappa shape index (κ2) is 5.43. The molecule has 1 saturated heterocycles. The third-order valence-corrected chi connectivity index (χ3v) is 3.61. The lowest BCUT2D eigenvalue weighted by Crippen LogP contribution is -2.54. The first-order valence-electron chi connectivity index (χ1n) is 6.03. The molecule has 1 rings (SSSR count). The summed E-state index contributed by atoms with van der Waals surface area (Å²) in [4.78, 5) is 24.4. The van der Waals surface area contributed by atoms with E-state index in [9.17, 15) is 9.59 Å². The average molecular weight is 226 g/mol. The van der Waals surface area contributed by atoms with Gasteiger partial charge in [0.1, 0.15) is 0 Å². The topological polar surface area (TPSA) is 49.4 Å². The highest BCUT2D eigenvalue weighted by Gasteiger charge is 2.32. The molecule has 0 aromatic heterocycles. The molecule has 1 aliphatic heterocycles. The molecule has 0 aromatic rings. The van der Waals surface area contributed by atoms with Gasteiger partial charge in [-0.15, -0.1) is 0 Å². The Labute approximate surface area is 97.4 Å². The van der Waals surface area contributed by atoms with Gasteiger partial charge in [0.25, 0.3) is 0 Å². The largest absolute Gasteiger partial charge is 0.303 e. The summed E-state index contributed by atoms with van der Waals surface area (Å²) in [6.45, 7) is 6.40. The van der Waals surface area contributed by atoms with Crippen molar-refractivity contribution in [2.75, 3.05) is 7.05 Å². The highest BCUT2D eigenvalue weighted by atomic mass is 16.2. The van der Waals surface area contributed by atoms with Crippen molar-refractivity contribution in [3.8, 4) is 0 Å². The van der Waals surface area contributed by atoms with Gasteiger partial charge in [-0.3, -0.25) is 14.5 Å². The zero-order chi connectivity index (χ0) is 12.3. The standard InChI is InChI=1S/C12H22N2O2/c1-5-8(2)9(3)13-10-6-7-11(15)14(4)12(10)16/h8-10,13H,5-7H2,1-4H3. The van der Waals surface area contributed by atoms with Crippen LogP contribution in [0.3, 0.4) is 0 Å². The Morgan fingerprint density at radius 1 is 1.44 bits per heavy atom. The number of hydrogen-bond acceptors (Lipinski definition) is 3. The molecule has 0 saturated carbocycles. The zero-order valence-electron chi connectivity index (χ0n) is 10.6. The van der Waals surface area contributed by atoms with Crippen molar-refractivity contribution in [1.82, 2.24) is 10.2 Å². The van der Waals surface area contributed by atoms with Crippen LogP contribution in [0.4, 0.5) is 0 Å². The van der Waals surface area contributed by atoms with Crippen LogP contribution in [0.1, 0.15) is 40.0 Å². The highest BCUT2D eigenvalue weighted by molar-refractivity contribution is 6.00. The Kier molecular flexibility index (Phi) is 4.47. The number of rotatable bonds is 4. The molecule has 1 N–H and O–H groups in total. The van der Waals surface area contributed by atoms with Crippen molar-refractivity contribution in [1.29, 1.82) is 0 Å². The molecule has 2 amide bonds. The molecule has 0 spiro atoms. The second-order valence-corrected chi connectivity index (χ2v) is 4.72. The number of piperidine rings is 1. The molecule has 4 heteroatoms. The summed E-state index contributed by atoms with van der Waals surface area (Å²) >= 11 is 0. The van der Waals surface area contributed by atoms with Gasteiger partial charge in [-0.1, -0.05) is 20.3 Å². The van der Waals surface area contributed by atoms with E-state index in [0.29, 0.717) is 24.8 Å². The van der Waals surface area contributed by atoms with Gasteiger partial charge in [0.15, 0.2) is 0 Å². The number of nitrogens with zero attached hydrogens (tertiary/aromatic N) is 1. The summed E-state index contributed by atoms with van der Waals surface area (Å²) in [6.07, 6.45) is 2.18. The minimum atomic E-state index is -0.188. The monoisotopic (exact) mass is 226 g/mol. The molecule has 0 bridgehead atoms. The second-order valence-electron chi connectivity index (χ2n) is 4.72. The van der Waals surface area contributed by atoms with Crippen molar-refractivity contribution >= 4 is 11.8 Å². The van der Waals surface area contributed by atoms with E-state index in [2.05, 4.69) is 26.1 Å². The summed E-state index contributed by atoms with van der Waals surface area (Å²) in [5.41, 5.74) is 0.